The second-order valence-electron chi connectivity index (χ2n) is 18.2. The van der Waals surface area contributed by atoms with Crippen LogP contribution in [0.2, 0.25) is 0 Å². The van der Waals surface area contributed by atoms with E-state index in [1.165, 1.54) is 33.4 Å². The van der Waals surface area contributed by atoms with Gasteiger partial charge in [0.2, 0.25) is 0 Å². The minimum atomic E-state index is -0.126. The zero-order valence-electron chi connectivity index (χ0n) is 34.4. The van der Waals surface area contributed by atoms with Crippen molar-refractivity contribution in [2.24, 2.45) is 0 Å². The molecule has 0 spiro atoms. The van der Waals surface area contributed by atoms with Crippen molar-refractivity contribution in [3.8, 4) is 22.3 Å². The molecule has 0 radical (unpaired) electrons. The Morgan fingerprint density at radius 1 is 0.569 bits per heavy atom. The van der Waals surface area contributed by atoms with Crippen LogP contribution < -0.4 is 10.2 Å². The predicted octanol–water partition coefficient (Wildman–Crippen LogP) is 16.9. The van der Waals surface area contributed by atoms with E-state index >= 15 is 0 Å². The lowest BCUT2D eigenvalue weighted by atomic mass is 9.82. The first kappa shape index (κ1) is 38.4. The van der Waals surface area contributed by atoms with E-state index in [0.29, 0.717) is 0 Å². The third-order valence-electron chi connectivity index (χ3n) is 11.9. The number of benzene rings is 7. The Hall–Kier alpha value is -5.10. The number of para-hydroxylation sites is 2. The number of anilines is 5. The van der Waals surface area contributed by atoms with Gasteiger partial charge in [-0.1, -0.05) is 140 Å². The molecule has 0 bridgehead atoms. The van der Waals surface area contributed by atoms with Crippen molar-refractivity contribution in [3.63, 3.8) is 0 Å². The number of hydrogen-bond donors (Lipinski definition) is 1. The van der Waals surface area contributed by atoms with Gasteiger partial charge in [0.15, 0.2) is 0 Å². The predicted molar refractivity (Wildman–Crippen MR) is 254 cm³/mol. The molecule has 0 saturated heterocycles. The lowest BCUT2D eigenvalue weighted by Gasteiger charge is -2.32. The van der Waals surface area contributed by atoms with Gasteiger partial charge in [-0.05, 0) is 136 Å². The standard InChI is InChI=1S/C53H48Br2N2O/c1-51(2,3)33-22-27-44(54)46(29-33)57(36-24-20-32(21-25-36)37-16-13-17-41-40-15-10-12-19-48(40)58-50(37)41)47-30-34(52(4,5)6)28-45(49(47)55)56-35-23-26-39-38-14-9-11-18-42(38)53(7,8)43(39)31-35/h9-31,56H,1-8H3. The Labute approximate surface area is 359 Å². The molecule has 7 aromatic carbocycles. The van der Waals surface area contributed by atoms with Crippen LogP contribution in [0, 0.1) is 0 Å². The monoisotopic (exact) mass is 886 g/mol. The number of rotatable bonds is 6. The van der Waals surface area contributed by atoms with Crippen LogP contribution in [-0.4, -0.2) is 0 Å². The van der Waals surface area contributed by atoms with Gasteiger partial charge in [0, 0.05) is 37.6 Å². The smallest absolute Gasteiger partial charge is 0.143 e. The maximum absolute atomic E-state index is 6.46. The second kappa shape index (κ2) is 14.0. The van der Waals surface area contributed by atoms with Crippen molar-refractivity contribution in [1.29, 1.82) is 0 Å². The largest absolute Gasteiger partial charge is 0.455 e. The highest BCUT2D eigenvalue weighted by Crippen LogP contribution is 2.51. The zero-order valence-corrected chi connectivity index (χ0v) is 37.6. The van der Waals surface area contributed by atoms with E-state index in [-0.39, 0.29) is 16.2 Å². The molecule has 9 rings (SSSR count). The molecular formula is C53H48Br2N2O. The summed E-state index contributed by atoms with van der Waals surface area (Å²) in [4.78, 5) is 2.39. The number of furan rings is 1. The summed E-state index contributed by atoms with van der Waals surface area (Å²) >= 11 is 8.20. The molecule has 0 saturated carbocycles. The lowest BCUT2D eigenvalue weighted by molar-refractivity contribution is 0.590. The number of nitrogens with zero attached hydrogens (tertiary/aromatic N) is 1. The van der Waals surface area contributed by atoms with Crippen LogP contribution in [0.4, 0.5) is 28.4 Å². The summed E-state index contributed by atoms with van der Waals surface area (Å²) in [6.07, 6.45) is 0. The molecule has 0 unspecified atom stereocenters. The van der Waals surface area contributed by atoms with E-state index in [9.17, 15) is 0 Å². The summed E-state index contributed by atoms with van der Waals surface area (Å²) in [5, 5.41) is 6.15. The Kier molecular flexibility index (Phi) is 9.29. The normalized spacial score (nSPS) is 13.5. The first-order valence-corrected chi connectivity index (χ1v) is 21.6. The molecule has 1 aliphatic rings. The molecule has 58 heavy (non-hydrogen) atoms. The molecule has 0 fully saturated rings. The Balaban J connectivity index is 1.20. The summed E-state index contributed by atoms with van der Waals surface area (Å²) in [6, 6.07) is 50.6. The molecule has 0 aliphatic heterocycles. The quantitative estimate of drug-likeness (QED) is 0.180. The average Bonchev–Trinajstić information content (AvgIpc) is 3.68. The third kappa shape index (κ3) is 6.57. The number of hydrogen-bond acceptors (Lipinski definition) is 3. The summed E-state index contributed by atoms with van der Waals surface area (Å²) < 4.78 is 8.45. The van der Waals surface area contributed by atoms with E-state index in [1.807, 2.05) is 12.1 Å². The zero-order chi connectivity index (χ0) is 40.7. The van der Waals surface area contributed by atoms with Crippen LogP contribution in [-0.2, 0) is 16.2 Å². The van der Waals surface area contributed by atoms with Gasteiger partial charge in [-0.2, -0.15) is 0 Å². The van der Waals surface area contributed by atoms with Gasteiger partial charge in [-0.3, -0.25) is 0 Å². The van der Waals surface area contributed by atoms with Gasteiger partial charge in [-0.15, -0.1) is 0 Å². The number of nitrogens with one attached hydrogen (secondary N) is 1. The average molecular weight is 889 g/mol. The van der Waals surface area contributed by atoms with Crippen molar-refractivity contribution in [2.45, 2.75) is 71.6 Å². The van der Waals surface area contributed by atoms with Crippen LogP contribution in [0.3, 0.4) is 0 Å². The van der Waals surface area contributed by atoms with Gasteiger partial charge in [0.1, 0.15) is 11.2 Å². The summed E-state index contributed by atoms with van der Waals surface area (Å²) in [5.41, 5.74) is 16.8. The van der Waals surface area contributed by atoms with Gasteiger partial charge in [0.25, 0.3) is 0 Å². The molecule has 5 heteroatoms. The minimum Gasteiger partial charge on any atom is -0.455 e. The van der Waals surface area contributed by atoms with E-state index in [0.717, 1.165) is 70.4 Å². The van der Waals surface area contributed by atoms with Crippen LogP contribution in [0.25, 0.3) is 44.2 Å². The highest BCUT2D eigenvalue weighted by molar-refractivity contribution is 9.11. The van der Waals surface area contributed by atoms with Crippen molar-refractivity contribution in [2.75, 3.05) is 10.2 Å². The van der Waals surface area contributed by atoms with Gasteiger partial charge in [-0.25, -0.2) is 0 Å². The van der Waals surface area contributed by atoms with Crippen LogP contribution in [0.15, 0.2) is 153 Å². The summed E-state index contributed by atoms with van der Waals surface area (Å²) in [7, 11) is 0. The van der Waals surface area contributed by atoms with Crippen LogP contribution in [0.1, 0.15) is 77.6 Å². The number of fused-ring (bicyclic) bond motifs is 6. The van der Waals surface area contributed by atoms with Gasteiger partial charge in [0.05, 0.1) is 21.5 Å². The SMILES string of the molecule is CC(C)(C)c1ccc(Br)c(N(c2ccc(-c3cccc4c3oc3ccccc34)cc2)c2cc(C(C)(C)C)cc(Nc3ccc4c(c3)C(C)(C)c3ccccc3-4)c2Br)c1. The topological polar surface area (TPSA) is 28.4 Å². The molecule has 290 valence electrons. The molecule has 3 nitrogen and oxygen atoms in total. The van der Waals surface area contributed by atoms with Crippen molar-refractivity contribution >= 4 is 82.2 Å². The second-order valence-corrected chi connectivity index (χ2v) is 19.9. The van der Waals surface area contributed by atoms with Crippen molar-refractivity contribution in [3.05, 3.63) is 171 Å². The fraction of sp³-hybridized carbons (Fsp3) is 0.208. The summed E-state index contributed by atoms with van der Waals surface area (Å²) in [5.74, 6) is 0. The molecule has 1 aliphatic carbocycles. The number of halogens is 2. The van der Waals surface area contributed by atoms with E-state index < -0.39 is 0 Å². The molecule has 1 aromatic heterocycles. The fourth-order valence-electron chi connectivity index (χ4n) is 8.56. The molecular weight excluding hydrogens is 840 g/mol. The highest BCUT2D eigenvalue weighted by Gasteiger charge is 2.35. The fourth-order valence-corrected chi connectivity index (χ4v) is 9.49. The van der Waals surface area contributed by atoms with E-state index in [1.54, 1.807) is 0 Å². The Bertz CT molecular complexity index is 2890. The van der Waals surface area contributed by atoms with Gasteiger partial charge >= 0.3 is 0 Å². The maximum Gasteiger partial charge on any atom is 0.143 e. The van der Waals surface area contributed by atoms with E-state index in [2.05, 4.69) is 225 Å². The van der Waals surface area contributed by atoms with Gasteiger partial charge < -0.3 is 14.6 Å². The van der Waals surface area contributed by atoms with E-state index in [4.69, 9.17) is 4.42 Å². The first-order valence-electron chi connectivity index (χ1n) is 20.1. The summed E-state index contributed by atoms with van der Waals surface area (Å²) in [6.45, 7) is 18.3. The Morgan fingerprint density at radius 3 is 1.98 bits per heavy atom. The minimum absolute atomic E-state index is 0.0472. The van der Waals surface area contributed by atoms with Crippen LogP contribution >= 0.6 is 31.9 Å². The maximum atomic E-state index is 6.46. The highest BCUT2D eigenvalue weighted by atomic mass is 79.9. The van der Waals surface area contributed by atoms with Crippen LogP contribution in [0.5, 0.6) is 0 Å². The molecule has 1 N–H and O–H groups in total. The molecule has 1 heterocycles. The molecule has 0 atom stereocenters. The first-order chi connectivity index (χ1) is 27.6. The Morgan fingerprint density at radius 2 is 1.22 bits per heavy atom. The molecule has 0 amide bonds. The third-order valence-corrected chi connectivity index (χ3v) is 13.4. The lowest BCUT2D eigenvalue weighted by Crippen LogP contribution is -2.18. The molecule has 8 aromatic rings. The van der Waals surface area contributed by atoms with Crippen molar-refractivity contribution < 1.29 is 4.42 Å². The van der Waals surface area contributed by atoms with Crippen molar-refractivity contribution in [1.82, 2.24) is 0 Å².